The molecule has 0 aliphatic heterocycles. The van der Waals surface area contributed by atoms with Crippen LogP contribution in [-0.4, -0.2) is 31.3 Å². The molecule has 0 radical (unpaired) electrons. The number of ketones is 1. The molecule has 1 atom stereocenters. The third kappa shape index (κ3) is 7.86. The van der Waals surface area contributed by atoms with Crippen LogP contribution in [0, 0.1) is 5.41 Å². The summed E-state index contributed by atoms with van der Waals surface area (Å²) in [6, 6.07) is 4.59. The molecule has 1 unspecified atom stereocenters. The van der Waals surface area contributed by atoms with E-state index in [-0.39, 0.29) is 18.8 Å². The summed E-state index contributed by atoms with van der Waals surface area (Å²) in [6.07, 6.45) is -5.12. The smallest absolute Gasteiger partial charge is 0.406 e. The van der Waals surface area contributed by atoms with E-state index in [1.807, 2.05) is 0 Å². The van der Waals surface area contributed by atoms with Crippen LogP contribution in [0.1, 0.15) is 45.7 Å². The highest BCUT2D eigenvalue weighted by molar-refractivity contribution is 6.00. The predicted octanol–water partition coefficient (Wildman–Crippen LogP) is 3.78. The predicted molar refractivity (Wildman–Crippen MR) is 89.6 cm³/mol. The Morgan fingerprint density at radius 1 is 1.19 bits per heavy atom. The molecular formula is C18H24F3NO4. The zero-order valence-corrected chi connectivity index (χ0v) is 15.3. The van der Waals surface area contributed by atoms with Crippen molar-refractivity contribution in [1.29, 1.82) is 0 Å². The van der Waals surface area contributed by atoms with Crippen LogP contribution >= 0.6 is 0 Å². The molecule has 1 aromatic rings. The minimum atomic E-state index is -4.81. The number of alkyl halides is 3. The van der Waals surface area contributed by atoms with Gasteiger partial charge in [0, 0.05) is 12.0 Å². The number of amides is 1. The van der Waals surface area contributed by atoms with E-state index < -0.39 is 29.5 Å². The van der Waals surface area contributed by atoms with E-state index in [0.29, 0.717) is 12.2 Å². The number of nitrogens with one attached hydrogen (secondary N) is 1. The molecule has 0 saturated heterocycles. The largest absolute Gasteiger partial charge is 0.573 e. The van der Waals surface area contributed by atoms with Gasteiger partial charge in [0.2, 0.25) is 5.91 Å². The van der Waals surface area contributed by atoms with Crippen molar-refractivity contribution in [2.24, 2.45) is 5.41 Å². The monoisotopic (exact) mass is 375 g/mol. The van der Waals surface area contributed by atoms with Crippen LogP contribution in [0.15, 0.2) is 24.3 Å². The molecule has 8 heteroatoms. The quantitative estimate of drug-likeness (QED) is 0.703. The summed E-state index contributed by atoms with van der Waals surface area (Å²) in [5, 5.41) is 2.64. The first kappa shape index (κ1) is 22.0. The number of ether oxygens (including phenoxy) is 2. The van der Waals surface area contributed by atoms with Gasteiger partial charge in [-0.3, -0.25) is 9.59 Å². The number of rotatable bonds is 8. The summed E-state index contributed by atoms with van der Waals surface area (Å²) in [5.74, 6) is -1.15. The Kier molecular flexibility index (Phi) is 7.62. The van der Waals surface area contributed by atoms with Crippen LogP contribution in [-0.2, 0) is 14.3 Å². The van der Waals surface area contributed by atoms with E-state index in [1.165, 1.54) is 18.2 Å². The molecule has 1 amide bonds. The van der Waals surface area contributed by atoms with Crippen molar-refractivity contribution >= 4 is 11.7 Å². The fourth-order valence-electron chi connectivity index (χ4n) is 2.04. The topological polar surface area (TPSA) is 64.6 Å². The Balaban J connectivity index is 2.91. The van der Waals surface area contributed by atoms with Crippen molar-refractivity contribution in [1.82, 2.24) is 5.32 Å². The average Bonchev–Trinajstić information content (AvgIpc) is 2.49. The van der Waals surface area contributed by atoms with Crippen LogP contribution in [0.5, 0.6) is 5.75 Å². The zero-order chi connectivity index (χ0) is 20.0. The second kappa shape index (κ2) is 9.02. The van der Waals surface area contributed by atoms with E-state index in [1.54, 1.807) is 33.8 Å². The fourth-order valence-corrected chi connectivity index (χ4v) is 2.04. The molecule has 5 nitrogen and oxygen atoms in total. The standard InChI is InChI=1S/C18H24F3NO4/c1-5-25-11-14(22-16(24)10-15(23)17(2,3)4)12-7-6-8-13(9-12)26-18(19,20)21/h6-9,14H,5,10-11H2,1-4H3,(H,22,24). The number of carbonyl (C=O) groups is 2. The molecule has 0 bridgehead atoms. The number of hydrogen-bond acceptors (Lipinski definition) is 4. The van der Waals surface area contributed by atoms with Gasteiger partial charge in [-0.2, -0.15) is 0 Å². The highest BCUT2D eigenvalue weighted by atomic mass is 19.4. The maximum atomic E-state index is 12.4. The normalized spacial score (nSPS) is 13.2. The van der Waals surface area contributed by atoms with Gasteiger partial charge in [0.15, 0.2) is 0 Å². The molecule has 1 N–H and O–H groups in total. The molecular weight excluding hydrogens is 351 g/mol. The number of carbonyl (C=O) groups excluding carboxylic acids is 2. The third-order valence-electron chi connectivity index (χ3n) is 3.48. The lowest BCUT2D eigenvalue weighted by Gasteiger charge is -2.21. The summed E-state index contributed by atoms with van der Waals surface area (Å²) in [7, 11) is 0. The van der Waals surface area contributed by atoms with Gasteiger partial charge in [0.05, 0.1) is 19.1 Å². The van der Waals surface area contributed by atoms with Gasteiger partial charge >= 0.3 is 6.36 Å². The first-order chi connectivity index (χ1) is 11.9. The fraction of sp³-hybridized carbons (Fsp3) is 0.556. The second-order valence-corrected chi connectivity index (χ2v) is 6.75. The van der Waals surface area contributed by atoms with Crippen LogP contribution in [0.4, 0.5) is 13.2 Å². The van der Waals surface area contributed by atoms with Gasteiger partial charge in [-0.15, -0.1) is 13.2 Å². The van der Waals surface area contributed by atoms with Gasteiger partial charge in [-0.25, -0.2) is 0 Å². The Morgan fingerprint density at radius 3 is 2.38 bits per heavy atom. The summed E-state index contributed by atoms with van der Waals surface area (Å²) in [5.41, 5.74) is -0.274. The van der Waals surface area contributed by atoms with Crippen LogP contribution in [0.2, 0.25) is 0 Å². The van der Waals surface area contributed by atoms with Crippen LogP contribution < -0.4 is 10.1 Å². The summed E-state index contributed by atoms with van der Waals surface area (Å²) in [4.78, 5) is 24.1. The van der Waals surface area contributed by atoms with Gasteiger partial charge < -0.3 is 14.8 Å². The molecule has 0 saturated carbocycles. The van der Waals surface area contributed by atoms with Crippen molar-refractivity contribution in [2.75, 3.05) is 13.2 Å². The maximum Gasteiger partial charge on any atom is 0.573 e. The van der Waals surface area contributed by atoms with Crippen molar-refractivity contribution in [3.63, 3.8) is 0 Å². The van der Waals surface area contributed by atoms with E-state index in [9.17, 15) is 22.8 Å². The van der Waals surface area contributed by atoms with Crippen LogP contribution in [0.25, 0.3) is 0 Å². The number of hydrogen-bond donors (Lipinski definition) is 1. The Hall–Kier alpha value is -2.09. The lowest BCUT2D eigenvalue weighted by atomic mass is 9.89. The number of halogens is 3. The highest BCUT2D eigenvalue weighted by Crippen LogP contribution is 2.26. The van der Waals surface area contributed by atoms with Crippen molar-refractivity contribution in [2.45, 2.75) is 46.5 Å². The average molecular weight is 375 g/mol. The molecule has 0 aliphatic rings. The zero-order valence-electron chi connectivity index (χ0n) is 15.3. The van der Waals surface area contributed by atoms with Gasteiger partial charge in [0.25, 0.3) is 0 Å². The Bertz CT molecular complexity index is 624. The summed E-state index contributed by atoms with van der Waals surface area (Å²) >= 11 is 0. The van der Waals surface area contributed by atoms with E-state index in [4.69, 9.17) is 4.74 Å². The first-order valence-corrected chi connectivity index (χ1v) is 8.18. The minimum Gasteiger partial charge on any atom is -0.406 e. The molecule has 146 valence electrons. The van der Waals surface area contributed by atoms with Crippen LogP contribution in [0.3, 0.4) is 0 Å². The Labute approximate surface area is 150 Å². The highest BCUT2D eigenvalue weighted by Gasteiger charge is 2.31. The van der Waals surface area contributed by atoms with Gasteiger partial charge in [-0.1, -0.05) is 32.9 Å². The number of benzene rings is 1. The van der Waals surface area contributed by atoms with Crippen molar-refractivity contribution in [3.05, 3.63) is 29.8 Å². The molecule has 0 heterocycles. The van der Waals surface area contributed by atoms with Crippen molar-refractivity contribution in [3.8, 4) is 5.75 Å². The van der Waals surface area contributed by atoms with Crippen molar-refractivity contribution < 1.29 is 32.2 Å². The summed E-state index contributed by atoms with van der Waals surface area (Å²) in [6.45, 7) is 7.30. The molecule has 0 fully saturated rings. The number of Topliss-reactive ketones (excluding diaryl/α,β-unsaturated/α-hetero) is 1. The molecule has 0 aliphatic carbocycles. The molecule has 26 heavy (non-hydrogen) atoms. The summed E-state index contributed by atoms with van der Waals surface area (Å²) < 4.78 is 46.4. The van der Waals surface area contributed by atoms with E-state index in [2.05, 4.69) is 10.1 Å². The molecule has 0 aromatic heterocycles. The molecule has 1 rings (SSSR count). The molecule has 0 spiro atoms. The lowest BCUT2D eigenvalue weighted by Crippen LogP contribution is -2.35. The lowest BCUT2D eigenvalue weighted by molar-refractivity contribution is -0.274. The maximum absolute atomic E-state index is 12.4. The van der Waals surface area contributed by atoms with E-state index >= 15 is 0 Å². The Morgan fingerprint density at radius 2 is 1.85 bits per heavy atom. The first-order valence-electron chi connectivity index (χ1n) is 8.18. The third-order valence-corrected chi connectivity index (χ3v) is 3.48. The van der Waals surface area contributed by atoms with Gasteiger partial charge in [0.1, 0.15) is 11.5 Å². The molecule has 1 aromatic carbocycles. The second-order valence-electron chi connectivity index (χ2n) is 6.75. The van der Waals surface area contributed by atoms with Gasteiger partial charge in [-0.05, 0) is 24.6 Å². The minimum absolute atomic E-state index is 0.0570. The SMILES string of the molecule is CCOCC(NC(=O)CC(=O)C(C)(C)C)c1cccc(OC(F)(F)F)c1. The van der Waals surface area contributed by atoms with E-state index in [0.717, 1.165) is 0 Å².